The van der Waals surface area contributed by atoms with Gasteiger partial charge in [-0.3, -0.25) is 4.79 Å². The van der Waals surface area contributed by atoms with Gasteiger partial charge in [0.25, 0.3) is 5.91 Å². The van der Waals surface area contributed by atoms with Gasteiger partial charge in [0, 0.05) is 37.6 Å². The van der Waals surface area contributed by atoms with Crippen molar-refractivity contribution >= 4 is 28.3 Å². The molecule has 0 aliphatic rings. The van der Waals surface area contributed by atoms with Crippen LogP contribution >= 0.6 is 0 Å². The average molecular weight is 324 g/mol. The van der Waals surface area contributed by atoms with Crippen LogP contribution in [0.25, 0.3) is 11.0 Å². The summed E-state index contributed by atoms with van der Waals surface area (Å²) in [5, 5.41) is 11.9. The summed E-state index contributed by atoms with van der Waals surface area (Å²) in [5.74, 6) is -0.168. The van der Waals surface area contributed by atoms with Gasteiger partial charge >= 0.3 is 0 Å². The highest BCUT2D eigenvalue weighted by Crippen LogP contribution is 2.18. The lowest BCUT2D eigenvalue weighted by molar-refractivity contribution is 0.102. The van der Waals surface area contributed by atoms with Crippen LogP contribution in [0.1, 0.15) is 10.4 Å². The first kappa shape index (κ1) is 16.0. The van der Waals surface area contributed by atoms with Crippen LogP contribution in [0.2, 0.25) is 0 Å². The van der Waals surface area contributed by atoms with Crippen molar-refractivity contribution in [2.45, 2.75) is 0 Å². The maximum absolute atomic E-state index is 12.4. The molecular formula is C18H20N4O2. The summed E-state index contributed by atoms with van der Waals surface area (Å²) in [7, 11) is 3.83. The molecule has 24 heavy (non-hydrogen) atoms. The van der Waals surface area contributed by atoms with E-state index in [-0.39, 0.29) is 12.5 Å². The molecule has 0 spiro atoms. The maximum Gasteiger partial charge on any atom is 0.255 e. The van der Waals surface area contributed by atoms with Crippen LogP contribution < -0.4 is 10.2 Å². The molecule has 124 valence electrons. The van der Waals surface area contributed by atoms with Gasteiger partial charge in [0.2, 0.25) is 0 Å². The molecule has 0 fully saturated rings. The maximum atomic E-state index is 12.4. The van der Waals surface area contributed by atoms with Crippen LogP contribution in [0.3, 0.4) is 0 Å². The van der Waals surface area contributed by atoms with Crippen molar-refractivity contribution in [2.75, 3.05) is 30.4 Å². The molecule has 1 aromatic heterocycles. The predicted octanol–water partition coefficient (Wildman–Crippen LogP) is 2.25. The normalized spacial score (nSPS) is 10.8. The fraction of sp³-hybridized carbons (Fsp3) is 0.222. The van der Waals surface area contributed by atoms with Crippen molar-refractivity contribution in [3.8, 4) is 0 Å². The molecule has 0 radical (unpaired) electrons. The number of imidazole rings is 1. The quantitative estimate of drug-likeness (QED) is 0.755. The summed E-state index contributed by atoms with van der Waals surface area (Å²) < 4.78 is 1.92. The summed E-state index contributed by atoms with van der Waals surface area (Å²) in [4.78, 5) is 18.6. The minimum Gasteiger partial charge on any atom is -0.395 e. The number of aromatic nitrogens is 2. The van der Waals surface area contributed by atoms with Crippen molar-refractivity contribution in [3.05, 3.63) is 54.4 Å². The molecule has 2 N–H and O–H groups in total. The zero-order chi connectivity index (χ0) is 17.1. The molecule has 2 aromatic carbocycles. The molecule has 0 aliphatic heterocycles. The van der Waals surface area contributed by atoms with Gasteiger partial charge in [0.15, 0.2) is 0 Å². The number of hydrogen-bond acceptors (Lipinski definition) is 4. The van der Waals surface area contributed by atoms with E-state index in [0.717, 1.165) is 22.4 Å². The molecule has 1 amide bonds. The second kappa shape index (κ2) is 6.72. The third-order valence-corrected chi connectivity index (χ3v) is 3.99. The highest BCUT2D eigenvalue weighted by atomic mass is 16.3. The van der Waals surface area contributed by atoms with E-state index in [4.69, 9.17) is 5.11 Å². The first-order valence-electron chi connectivity index (χ1n) is 7.73. The Hall–Kier alpha value is -2.86. The molecule has 6 nitrogen and oxygen atoms in total. The van der Waals surface area contributed by atoms with Gasteiger partial charge in [-0.25, -0.2) is 4.98 Å². The highest BCUT2D eigenvalue weighted by Gasteiger charge is 2.09. The van der Waals surface area contributed by atoms with Gasteiger partial charge in [-0.1, -0.05) is 0 Å². The SMILES string of the molecule is CN(CCO)c1ccc(NC(=O)c2ccc3c(c2)ncn3C)cc1. The molecule has 0 saturated carbocycles. The average Bonchev–Trinajstić information content (AvgIpc) is 2.96. The largest absolute Gasteiger partial charge is 0.395 e. The lowest BCUT2D eigenvalue weighted by atomic mass is 10.1. The first-order valence-corrected chi connectivity index (χ1v) is 7.73. The number of aryl methyl sites for hydroxylation is 1. The fourth-order valence-electron chi connectivity index (χ4n) is 2.56. The van der Waals surface area contributed by atoms with E-state index in [2.05, 4.69) is 10.3 Å². The molecular weight excluding hydrogens is 304 g/mol. The first-order chi connectivity index (χ1) is 11.6. The smallest absolute Gasteiger partial charge is 0.255 e. The van der Waals surface area contributed by atoms with Crippen LogP contribution in [0.15, 0.2) is 48.8 Å². The number of benzene rings is 2. The third kappa shape index (κ3) is 3.23. The highest BCUT2D eigenvalue weighted by molar-refractivity contribution is 6.06. The number of nitrogens with zero attached hydrogens (tertiary/aromatic N) is 3. The number of aliphatic hydroxyl groups excluding tert-OH is 1. The number of likely N-dealkylation sites (N-methyl/N-ethyl adjacent to an activating group) is 1. The molecule has 0 aliphatic carbocycles. The van der Waals surface area contributed by atoms with E-state index in [9.17, 15) is 4.79 Å². The van der Waals surface area contributed by atoms with Crippen molar-refractivity contribution in [1.29, 1.82) is 0 Å². The number of amides is 1. The second-order valence-corrected chi connectivity index (χ2v) is 5.71. The van der Waals surface area contributed by atoms with E-state index < -0.39 is 0 Å². The fourth-order valence-corrected chi connectivity index (χ4v) is 2.56. The Morgan fingerprint density at radius 3 is 2.71 bits per heavy atom. The van der Waals surface area contributed by atoms with Crippen molar-refractivity contribution in [2.24, 2.45) is 7.05 Å². The molecule has 0 atom stereocenters. The van der Waals surface area contributed by atoms with Crippen molar-refractivity contribution in [3.63, 3.8) is 0 Å². The summed E-state index contributed by atoms with van der Waals surface area (Å²) in [5.41, 5.74) is 4.07. The number of fused-ring (bicyclic) bond motifs is 1. The number of hydrogen-bond donors (Lipinski definition) is 2. The minimum absolute atomic E-state index is 0.102. The lowest BCUT2D eigenvalue weighted by Crippen LogP contribution is -2.21. The van der Waals surface area contributed by atoms with Crippen LogP contribution in [-0.4, -0.2) is 40.8 Å². The molecule has 1 heterocycles. The van der Waals surface area contributed by atoms with Gasteiger partial charge in [-0.05, 0) is 42.5 Å². The van der Waals surface area contributed by atoms with E-state index in [1.165, 1.54) is 0 Å². The number of aliphatic hydroxyl groups is 1. The monoisotopic (exact) mass is 324 g/mol. The summed E-state index contributed by atoms with van der Waals surface area (Å²) in [6, 6.07) is 13.0. The molecule has 3 aromatic rings. The lowest BCUT2D eigenvalue weighted by Gasteiger charge is -2.18. The molecule has 0 unspecified atom stereocenters. The standard InChI is InChI=1S/C18H20N4O2/c1-21(9-10-23)15-6-4-14(5-7-15)20-18(24)13-3-8-17-16(11-13)19-12-22(17)2/h3-8,11-12,23H,9-10H2,1-2H3,(H,20,24). The van der Waals surface area contributed by atoms with Gasteiger partial charge in [0.05, 0.1) is 24.0 Å². The third-order valence-electron chi connectivity index (χ3n) is 3.99. The number of anilines is 2. The Kier molecular flexibility index (Phi) is 4.48. The van der Waals surface area contributed by atoms with Gasteiger partial charge in [-0.2, -0.15) is 0 Å². The Morgan fingerprint density at radius 2 is 2.00 bits per heavy atom. The molecule has 6 heteroatoms. The van der Waals surface area contributed by atoms with Gasteiger partial charge in [-0.15, -0.1) is 0 Å². The van der Waals surface area contributed by atoms with Gasteiger partial charge < -0.3 is 19.9 Å². The second-order valence-electron chi connectivity index (χ2n) is 5.71. The number of carbonyl (C=O) groups excluding carboxylic acids is 1. The Balaban J connectivity index is 1.73. The van der Waals surface area contributed by atoms with Crippen molar-refractivity contribution in [1.82, 2.24) is 9.55 Å². The molecule has 0 saturated heterocycles. The van der Waals surface area contributed by atoms with Gasteiger partial charge in [0.1, 0.15) is 0 Å². The predicted molar refractivity (Wildman–Crippen MR) is 95.5 cm³/mol. The molecule has 3 rings (SSSR count). The van der Waals surface area contributed by atoms with Crippen LogP contribution in [0.4, 0.5) is 11.4 Å². The Morgan fingerprint density at radius 1 is 1.25 bits per heavy atom. The van der Waals surface area contributed by atoms with Crippen molar-refractivity contribution < 1.29 is 9.90 Å². The van der Waals surface area contributed by atoms with E-state index in [1.807, 2.05) is 53.9 Å². The number of rotatable bonds is 5. The summed E-state index contributed by atoms with van der Waals surface area (Å²) in [6.45, 7) is 0.667. The summed E-state index contributed by atoms with van der Waals surface area (Å²) in [6.07, 6.45) is 1.73. The van der Waals surface area contributed by atoms with Crippen LogP contribution in [0, 0.1) is 0 Å². The zero-order valence-electron chi connectivity index (χ0n) is 13.7. The number of carbonyl (C=O) groups is 1. The van der Waals surface area contributed by atoms with E-state index >= 15 is 0 Å². The Labute approximate surface area is 140 Å². The van der Waals surface area contributed by atoms with E-state index in [0.29, 0.717) is 12.1 Å². The number of nitrogens with one attached hydrogen (secondary N) is 1. The van der Waals surface area contributed by atoms with Crippen LogP contribution in [-0.2, 0) is 7.05 Å². The minimum atomic E-state index is -0.168. The zero-order valence-corrected chi connectivity index (χ0v) is 13.7. The topological polar surface area (TPSA) is 70.4 Å². The molecule has 0 bridgehead atoms. The van der Waals surface area contributed by atoms with E-state index in [1.54, 1.807) is 18.5 Å². The summed E-state index contributed by atoms with van der Waals surface area (Å²) >= 11 is 0. The van der Waals surface area contributed by atoms with Crippen LogP contribution in [0.5, 0.6) is 0 Å². The Bertz CT molecular complexity index is 855.